The smallest absolute Gasteiger partial charge is 0.186 e. The Labute approximate surface area is 122 Å². The molecule has 0 radical (unpaired) electrons. The first-order chi connectivity index (χ1) is 9.65. The van der Waals surface area contributed by atoms with E-state index in [1.165, 1.54) is 6.33 Å². The average Bonchev–Trinajstić information content (AvgIpc) is 2.46. The van der Waals surface area contributed by atoms with Gasteiger partial charge in [0.25, 0.3) is 0 Å². The van der Waals surface area contributed by atoms with E-state index >= 15 is 0 Å². The maximum Gasteiger partial charge on any atom is 0.186 e. The van der Waals surface area contributed by atoms with E-state index in [1.54, 1.807) is 19.2 Å². The van der Waals surface area contributed by atoms with Gasteiger partial charge in [-0.15, -0.1) is 0 Å². The van der Waals surface area contributed by atoms with Gasteiger partial charge in [-0.25, -0.2) is 14.4 Å². The van der Waals surface area contributed by atoms with E-state index in [1.807, 2.05) is 13.0 Å². The van der Waals surface area contributed by atoms with Gasteiger partial charge >= 0.3 is 0 Å². The molecular weight excluding hydrogens is 281 g/mol. The fraction of sp³-hybridized carbons (Fsp3) is 0.286. The molecule has 2 aromatic rings. The molecule has 0 aliphatic heterocycles. The van der Waals surface area contributed by atoms with Crippen LogP contribution in [-0.2, 0) is 13.0 Å². The van der Waals surface area contributed by atoms with Crippen molar-refractivity contribution in [2.24, 2.45) is 0 Å². The number of rotatable bonds is 5. The number of nitrogens with zero attached hydrogens (tertiary/aromatic N) is 2. The highest BCUT2D eigenvalue weighted by Gasteiger charge is 2.09. The minimum Gasteiger partial charge on any atom is -0.495 e. The van der Waals surface area contributed by atoms with Crippen molar-refractivity contribution < 1.29 is 9.13 Å². The summed E-state index contributed by atoms with van der Waals surface area (Å²) in [6.07, 6.45) is 1.88. The molecular formula is C14H15ClFN3O. The molecule has 0 saturated heterocycles. The van der Waals surface area contributed by atoms with E-state index in [0.717, 1.165) is 5.56 Å². The maximum atomic E-state index is 13.9. The van der Waals surface area contributed by atoms with Gasteiger partial charge in [-0.3, -0.25) is 0 Å². The predicted molar refractivity (Wildman–Crippen MR) is 76.7 cm³/mol. The molecule has 6 heteroatoms. The van der Waals surface area contributed by atoms with Crippen molar-refractivity contribution >= 4 is 17.4 Å². The normalized spacial score (nSPS) is 10.4. The second-order valence-electron chi connectivity index (χ2n) is 4.16. The second-order valence-corrected chi connectivity index (χ2v) is 4.57. The highest BCUT2D eigenvalue weighted by Crippen LogP contribution is 2.25. The number of hydrogen-bond donors (Lipinski definition) is 1. The molecule has 0 spiro atoms. The molecule has 0 aliphatic rings. The van der Waals surface area contributed by atoms with Crippen molar-refractivity contribution in [1.29, 1.82) is 0 Å². The number of nitrogens with one attached hydrogen (secondary N) is 1. The van der Waals surface area contributed by atoms with E-state index in [0.29, 0.717) is 29.4 Å². The molecule has 2 rings (SSSR count). The molecule has 0 unspecified atom stereocenters. The third kappa shape index (κ3) is 3.17. The maximum absolute atomic E-state index is 13.9. The van der Waals surface area contributed by atoms with Gasteiger partial charge in [0.15, 0.2) is 11.6 Å². The van der Waals surface area contributed by atoms with E-state index in [4.69, 9.17) is 16.3 Å². The fourth-order valence-corrected chi connectivity index (χ4v) is 2.06. The van der Waals surface area contributed by atoms with Crippen LogP contribution < -0.4 is 10.1 Å². The molecule has 4 nitrogen and oxygen atoms in total. The van der Waals surface area contributed by atoms with Crippen LogP contribution in [0, 0.1) is 5.82 Å². The zero-order chi connectivity index (χ0) is 14.5. The Kier molecular flexibility index (Phi) is 4.74. The largest absolute Gasteiger partial charge is 0.495 e. The van der Waals surface area contributed by atoms with Crippen molar-refractivity contribution in [3.63, 3.8) is 0 Å². The summed E-state index contributed by atoms with van der Waals surface area (Å²) >= 11 is 6.04. The molecule has 0 atom stereocenters. The molecule has 0 saturated carbocycles. The molecule has 1 heterocycles. The molecule has 1 N–H and O–H groups in total. The Morgan fingerprint density at radius 2 is 2.15 bits per heavy atom. The number of benzene rings is 1. The van der Waals surface area contributed by atoms with Crippen molar-refractivity contribution in [3.05, 3.63) is 46.6 Å². The van der Waals surface area contributed by atoms with Gasteiger partial charge in [0, 0.05) is 6.54 Å². The number of aromatic nitrogens is 2. The van der Waals surface area contributed by atoms with Crippen LogP contribution in [0.25, 0.3) is 0 Å². The molecule has 0 aliphatic carbocycles. The number of hydrogen-bond acceptors (Lipinski definition) is 4. The Morgan fingerprint density at radius 3 is 2.80 bits per heavy atom. The molecule has 106 valence electrons. The van der Waals surface area contributed by atoms with Crippen LogP contribution in [0.4, 0.5) is 10.2 Å². The topological polar surface area (TPSA) is 47.0 Å². The van der Waals surface area contributed by atoms with Gasteiger partial charge in [0.05, 0.1) is 17.8 Å². The zero-order valence-corrected chi connectivity index (χ0v) is 12.0. The summed E-state index contributed by atoms with van der Waals surface area (Å²) in [6.45, 7) is 2.26. The molecule has 0 fully saturated rings. The Bertz CT molecular complexity index is 607. The summed E-state index contributed by atoms with van der Waals surface area (Å²) in [5.74, 6) is 0.398. The summed E-state index contributed by atoms with van der Waals surface area (Å²) in [5.41, 5.74) is 1.31. The minimum absolute atomic E-state index is 0.198. The van der Waals surface area contributed by atoms with E-state index in [-0.39, 0.29) is 5.82 Å². The summed E-state index contributed by atoms with van der Waals surface area (Å²) < 4.78 is 19.0. The third-order valence-corrected chi connectivity index (χ3v) is 3.17. The second kappa shape index (κ2) is 6.52. The molecule has 20 heavy (non-hydrogen) atoms. The lowest BCUT2D eigenvalue weighted by atomic mass is 10.2. The van der Waals surface area contributed by atoms with Crippen LogP contribution in [0.2, 0.25) is 5.02 Å². The zero-order valence-electron chi connectivity index (χ0n) is 11.3. The predicted octanol–water partition coefficient (Wildman–Crippen LogP) is 3.45. The molecule has 1 aromatic carbocycles. The molecule has 0 amide bonds. The van der Waals surface area contributed by atoms with Crippen molar-refractivity contribution in [2.75, 3.05) is 12.4 Å². The van der Waals surface area contributed by atoms with Crippen molar-refractivity contribution in [2.45, 2.75) is 19.9 Å². The fourth-order valence-electron chi connectivity index (χ4n) is 1.78. The SMILES string of the molecule is CCc1ncnc(NCc2ccc(OC)c(Cl)c2)c1F. The monoisotopic (exact) mass is 295 g/mol. The van der Waals surface area contributed by atoms with Gasteiger partial charge in [-0.05, 0) is 24.1 Å². The van der Waals surface area contributed by atoms with Crippen molar-refractivity contribution in [1.82, 2.24) is 9.97 Å². The highest BCUT2D eigenvalue weighted by atomic mass is 35.5. The van der Waals surface area contributed by atoms with Gasteiger partial charge in [0.2, 0.25) is 0 Å². The van der Waals surface area contributed by atoms with Crippen LogP contribution in [0.1, 0.15) is 18.2 Å². The van der Waals surface area contributed by atoms with Crippen LogP contribution in [0.5, 0.6) is 5.75 Å². The number of anilines is 1. The van der Waals surface area contributed by atoms with Crippen LogP contribution in [0.3, 0.4) is 0 Å². The Morgan fingerprint density at radius 1 is 1.35 bits per heavy atom. The van der Waals surface area contributed by atoms with Gasteiger partial charge in [-0.2, -0.15) is 0 Å². The third-order valence-electron chi connectivity index (χ3n) is 2.87. The number of aryl methyl sites for hydroxylation is 1. The lowest BCUT2D eigenvalue weighted by Crippen LogP contribution is -2.06. The standard InChI is InChI=1S/C14H15ClFN3O/c1-3-11-13(16)14(19-8-18-11)17-7-9-4-5-12(20-2)10(15)6-9/h4-6,8H,3,7H2,1-2H3,(H,17,18,19). The van der Waals surface area contributed by atoms with E-state index in [9.17, 15) is 4.39 Å². The quantitative estimate of drug-likeness (QED) is 0.918. The first-order valence-corrected chi connectivity index (χ1v) is 6.59. The van der Waals surface area contributed by atoms with Crippen LogP contribution in [0.15, 0.2) is 24.5 Å². The minimum atomic E-state index is -0.408. The lowest BCUT2D eigenvalue weighted by Gasteiger charge is -2.09. The Balaban J connectivity index is 2.11. The summed E-state index contributed by atoms with van der Waals surface area (Å²) in [7, 11) is 1.56. The van der Waals surface area contributed by atoms with Crippen molar-refractivity contribution in [3.8, 4) is 5.75 Å². The Hall–Kier alpha value is -1.88. The highest BCUT2D eigenvalue weighted by molar-refractivity contribution is 6.32. The number of halogens is 2. The first-order valence-electron chi connectivity index (χ1n) is 6.21. The summed E-state index contributed by atoms with van der Waals surface area (Å²) in [6, 6.07) is 5.40. The average molecular weight is 296 g/mol. The van der Waals surface area contributed by atoms with Crippen LogP contribution >= 0.6 is 11.6 Å². The molecule has 1 aromatic heterocycles. The van der Waals surface area contributed by atoms with E-state index in [2.05, 4.69) is 15.3 Å². The summed E-state index contributed by atoms with van der Waals surface area (Å²) in [5, 5.41) is 3.46. The van der Waals surface area contributed by atoms with Crippen LogP contribution in [-0.4, -0.2) is 17.1 Å². The lowest BCUT2D eigenvalue weighted by molar-refractivity contribution is 0.415. The first kappa shape index (κ1) is 14.5. The number of ether oxygens (including phenoxy) is 1. The van der Waals surface area contributed by atoms with Gasteiger partial charge < -0.3 is 10.1 Å². The number of methoxy groups -OCH3 is 1. The summed E-state index contributed by atoms with van der Waals surface area (Å²) in [4.78, 5) is 7.79. The molecule has 0 bridgehead atoms. The van der Waals surface area contributed by atoms with E-state index < -0.39 is 5.82 Å². The van der Waals surface area contributed by atoms with Gasteiger partial charge in [-0.1, -0.05) is 24.6 Å². The van der Waals surface area contributed by atoms with Gasteiger partial charge in [0.1, 0.15) is 12.1 Å².